The molecule has 1 aliphatic carbocycles. The SMILES string of the molecule is Cc1cc(C)n(Cc2cccc(NC(=O)NCCC3CCCC3)c2)n1. The molecule has 2 aromatic rings. The maximum atomic E-state index is 12.1. The van der Waals surface area contributed by atoms with E-state index in [4.69, 9.17) is 0 Å². The van der Waals surface area contributed by atoms with E-state index < -0.39 is 0 Å². The first-order chi connectivity index (χ1) is 12.1. The number of hydrogen-bond donors (Lipinski definition) is 2. The fourth-order valence-electron chi connectivity index (χ4n) is 3.62. The Balaban J connectivity index is 1.50. The summed E-state index contributed by atoms with van der Waals surface area (Å²) in [6, 6.07) is 9.89. The maximum absolute atomic E-state index is 12.1. The van der Waals surface area contributed by atoms with Gasteiger partial charge in [0.25, 0.3) is 0 Å². The highest BCUT2D eigenvalue weighted by atomic mass is 16.2. The molecule has 5 heteroatoms. The smallest absolute Gasteiger partial charge is 0.319 e. The second-order valence-corrected chi connectivity index (χ2v) is 7.11. The molecule has 1 saturated carbocycles. The molecule has 25 heavy (non-hydrogen) atoms. The summed E-state index contributed by atoms with van der Waals surface area (Å²) in [5.74, 6) is 0.796. The minimum absolute atomic E-state index is 0.124. The number of anilines is 1. The molecule has 1 aromatic carbocycles. The molecule has 0 unspecified atom stereocenters. The predicted molar refractivity (Wildman–Crippen MR) is 101 cm³/mol. The average Bonchev–Trinajstić information content (AvgIpc) is 3.18. The van der Waals surface area contributed by atoms with Gasteiger partial charge >= 0.3 is 6.03 Å². The molecule has 3 rings (SSSR count). The molecule has 0 radical (unpaired) electrons. The predicted octanol–water partition coefficient (Wildman–Crippen LogP) is 4.25. The number of nitrogens with one attached hydrogen (secondary N) is 2. The highest BCUT2D eigenvalue weighted by molar-refractivity contribution is 5.89. The van der Waals surface area contributed by atoms with Crippen molar-refractivity contribution in [3.8, 4) is 0 Å². The van der Waals surface area contributed by atoms with Crippen LogP contribution in [0, 0.1) is 19.8 Å². The zero-order valence-electron chi connectivity index (χ0n) is 15.2. The first kappa shape index (κ1) is 17.5. The lowest BCUT2D eigenvalue weighted by Crippen LogP contribution is -2.30. The van der Waals surface area contributed by atoms with Crippen molar-refractivity contribution in [1.82, 2.24) is 15.1 Å². The van der Waals surface area contributed by atoms with Gasteiger partial charge in [0.15, 0.2) is 0 Å². The molecule has 1 heterocycles. The number of benzene rings is 1. The third kappa shape index (κ3) is 5.08. The van der Waals surface area contributed by atoms with Crippen molar-refractivity contribution in [3.63, 3.8) is 0 Å². The van der Waals surface area contributed by atoms with Gasteiger partial charge in [0, 0.05) is 17.9 Å². The average molecular weight is 340 g/mol. The third-order valence-electron chi connectivity index (χ3n) is 4.93. The van der Waals surface area contributed by atoms with Crippen LogP contribution in [0.15, 0.2) is 30.3 Å². The Bertz CT molecular complexity index is 716. The highest BCUT2D eigenvalue weighted by Gasteiger charge is 2.14. The summed E-state index contributed by atoms with van der Waals surface area (Å²) in [4.78, 5) is 12.1. The minimum Gasteiger partial charge on any atom is -0.338 e. The molecule has 1 fully saturated rings. The zero-order valence-corrected chi connectivity index (χ0v) is 15.2. The summed E-state index contributed by atoms with van der Waals surface area (Å²) in [6.45, 7) is 5.51. The van der Waals surface area contributed by atoms with Crippen LogP contribution in [0.4, 0.5) is 10.5 Å². The van der Waals surface area contributed by atoms with Crippen molar-refractivity contribution in [2.45, 2.75) is 52.5 Å². The van der Waals surface area contributed by atoms with E-state index in [0.717, 1.165) is 41.5 Å². The van der Waals surface area contributed by atoms with Crippen LogP contribution in [0.1, 0.15) is 49.1 Å². The quantitative estimate of drug-likeness (QED) is 0.826. The van der Waals surface area contributed by atoms with Gasteiger partial charge in [-0.3, -0.25) is 4.68 Å². The van der Waals surface area contributed by atoms with Crippen LogP contribution in [-0.2, 0) is 6.54 Å². The summed E-state index contributed by atoms with van der Waals surface area (Å²) < 4.78 is 1.98. The van der Waals surface area contributed by atoms with Gasteiger partial charge in [-0.15, -0.1) is 0 Å². The second-order valence-electron chi connectivity index (χ2n) is 7.11. The Hall–Kier alpha value is -2.30. The Labute approximate surface area is 149 Å². The van der Waals surface area contributed by atoms with E-state index >= 15 is 0 Å². The summed E-state index contributed by atoms with van der Waals surface area (Å²) in [5, 5.41) is 10.4. The summed E-state index contributed by atoms with van der Waals surface area (Å²) in [5.41, 5.74) is 4.10. The van der Waals surface area contributed by atoms with E-state index in [1.165, 1.54) is 25.7 Å². The summed E-state index contributed by atoms with van der Waals surface area (Å²) in [7, 11) is 0. The Morgan fingerprint density at radius 1 is 1.24 bits per heavy atom. The molecular formula is C20H28N4O. The van der Waals surface area contributed by atoms with Crippen LogP contribution in [-0.4, -0.2) is 22.4 Å². The standard InChI is InChI=1S/C20H28N4O/c1-15-12-16(2)24(23-15)14-18-8-5-9-19(13-18)22-20(25)21-11-10-17-6-3-4-7-17/h5,8-9,12-13,17H,3-4,6-7,10-11,14H2,1-2H3,(H2,21,22,25). The van der Waals surface area contributed by atoms with Crippen LogP contribution in [0.25, 0.3) is 0 Å². The lowest BCUT2D eigenvalue weighted by Gasteiger charge is -2.12. The number of aryl methyl sites for hydroxylation is 2. The molecule has 0 bridgehead atoms. The molecule has 0 aliphatic heterocycles. The Morgan fingerprint density at radius 3 is 2.76 bits per heavy atom. The van der Waals surface area contributed by atoms with Crippen molar-refractivity contribution in [3.05, 3.63) is 47.3 Å². The van der Waals surface area contributed by atoms with E-state index in [1.807, 2.05) is 29.8 Å². The molecule has 0 saturated heterocycles. The lowest BCUT2D eigenvalue weighted by molar-refractivity contribution is 0.251. The van der Waals surface area contributed by atoms with Crippen molar-refractivity contribution in [2.24, 2.45) is 5.92 Å². The minimum atomic E-state index is -0.124. The van der Waals surface area contributed by atoms with Crippen LogP contribution in [0.5, 0.6) is 0 Å². The van der Waals surface area contributed by atoms with Gasteiger partial charge in [-0.2, -0.15) is 5.10 Å². The monoisotopic (exact) mass is 340 g/mol. The van der Waals surface area contributed by atoms with Gasteiger partial charge in [0.05, 0.1) is 12.2 Å². The van der Waals surface area contributed by atoms with E-state index in [-0.39, 0.29) is 6.03 Å². The Morgan fingerprint density at radius 2 is 2.04 bits per heavy atom. The first-order valence-electron chi connectivity index (χ1n) is 9.25. The summed E-state index contributed by atoms with van der Waals surface area (Å²) >= 11 is 0. The molecule has 2 N–H and O–H groups in total. The van der Waals surface area contributed by atoms with E-state index in [2.05, 4.69) is 34.8 Å². The fourth-order valence-corrected chi connectivity index (χ4v) is 3.62. The largest absolute Gasteiger partial charge is 0.338 e. The molecule has 134 valence electrons. The highest BCUT2D eigenvalue weighted by Crippen LogP contribution is 2.26. The lowest BCUT2D eigenvalue weighted by atomic mass is 10.0. The van der Waals surface area contributed by atoms with Crippen molar-refractivity contribution in [2.75, 3.05) is 11.9 Å². The molecule has 1 aromatic heterocycles. The molecule has 0 spiro atoms. The van der Waals surface area contributed by atoms with Crippen molar-refractivity contribution in [1.29, 1.82) is 0 Å². The van der Waals surface area contributed by atoms with Gasteiger partial charge in [0.1, 0.15) is 0 Å². The molecule has 2 amide bonds. The normalized spacial score (nSPS) is 14.6. The Kier molecular flexibility index (Phi) is 5.74. The number of amides is 2. The zero-order chi connectivity index (χ0) is 17.6. The van der Waals surface area contributed by atoms with E-state index in [9.17, 15) is 4.79 Å². The van der Waals surface area contributed by atoms with Crippen LogP contribution < -0.4 is 10.6 Å². The number of aromatic nitrogens is 2. The first-order valence-corrected chi connectivity index (χ1v) is 9.25. The number of nitrogens with zero attached hydrogens (tertiary/aromatic N) is 2. The van der Waals surface area contributed by atoms with Crippen molar-refractivity contribution < 1.29 is 4.79 Å². The number of rotatable bonds is 6. The molecule has 5 nitrogen and oxygen atoms in total. The molecular weight excluding hydrogens is 312 g/mol. The van der Waals surface area contributed by atoms with Crippen LogP contribution >= 0.6 is 0 Å². The van der Waals surface area contributed by atoms with Gasteiger partial charge in [-0.25, -0.2) is 4.79 Å². The van der Waals surface area contributed by atoms with Crippen LogP contribution in [0.2, 0.25) is 0 Å². The molecule has 1 aliphatic rings. The maximum Gasteiger partial charge on any atom is 0.319 e. The van der Waals surface area contributed by atoms with Crippen LogP contribution in [0.3, 0.4) is 0 Å². The number of urea groups is 1. The van der Waals surface area contributed by atoms with E-state index in [0.29, 0.717) is 6.54 Å². The van der Waals surface area contributed by atoms with E-state index in [1.54, 1.807) is 0 Å². The summed E-state index contributed by atoms with van der Waals surface area (Å²) in [6.07, 6.45) is 6.42. The van der Waals surface area contributed by atoms with Gasteiger partial charge in [0.2, 0.25) is 0 Å². The topological polar surface area (TPSA) is 59.0 Å². The second kappa shape index (κ2) is 8.19. The van der Waals surface area contributed by atoms with Crippen molar-refractivity contribution >= 4 is 11.7 Å². The number of carbonyl (C=O) groups is 1. The third-order valence-corrected chi connectivity index (χ3v) is 4.93. The molecule has 0 atom stereocenters. The number of carbonyl (C=O) groups excluding carboxylic acids is 1. The van der Waals surface area contributed by atoms with Gasteiger partial charge in [-0.05, 0) is 49.9 Å². The number of hydrogen-bond acceptors (Lipinski definition) is 2. The van der Waals surface area contributed by atoms with Gasteiger partial charge < -0.3 is 10.6 Å². The van der Waals surface area contributed by atoms with Gasteiger partial charge in [-0.1, -0.05) is 37.8 Å². The fraction of sp³-hybridized carbons (Fsp3) is 0.500.